The zero-order valence-corrected chi connectivity index (χ0v) is 11.0. The summed E-state index contributed by atoms with van der Waals surface area (Å²) in [5.41, 5.74) is 0.918. The Hall–Kier alpha value is -0.580. The second kappa shape index (κ2) is 5.66. The van der Waals surface area contributed by atoms with E-state index in [2.05, 4.69) is 4.72 Å². The van der Waals surface area contributed by atoms with E-state index in [-0.39, 0.29) is 16.8 Å². The molecule has 3 nitrogen and oxygen atoms in total. The van der Waals surface area contributed by atoms with Crippen molar-refractivity contribution in [3.05, 3.63) is 29.8 Å². The third-order valence-corrected chi connectivity index (χ3v) is 4.19. The highest BCUT2D eigenvalue weighted by atomic mass is 35.5. The monoisotopic (exact) mass is 261 g/mol. The molecule has 0 aliphatic heterocycles. The zero-order chi connectivity index (χ0) is 12.2. The molecule has 90 valence electrons. The van der Waals surface area contributed by atoms with Gasteiger partial charge < -0.3 is 0 Å². The normalized spacial score (nSPS) is 13.7. The molecule has 1 atom stereocenters. The second-order valence-corrected chi connectivity index (χ2v) is 5.72. The molecule has 0 fully saturated rings. The minimum atomic E-state index is -3.44. The summed E-state index contributed by atoms with van der Waals surface area (Å²) in [6.07, 6.45) is 0.675. The summed E-state index contributed by atoms with van der Waals surface area (Å²) in [5, 5.41) is 0. The third-order valence-electron chi connectivity index (χ3n) is 2.30. The van der Waals surface area contributed by atoms with E-state index < -0.39 is 10.0 Å². The number of hydrogen-bond donors (Lipinski definition) is 1. The molecule has 1 aromatic carbocycles. The molecule has 0 saturated heterocycles. The van der Waals surface area contributed by atoms with Crippen LogP contribution in [0.3, 0.4) is 0 Å². The van der Waals surface area contributed by atoms with Crippen molar-refractivity contribution in [2.24, 2.45) is 0 Å². The molecule has 0 spiro atoms. The Balaban J connectivity index is 2.94. The lowest BCUT2D eigenvalue weighted by atomic mass is 10.2. The van der Waals surface area contributed by atoms with E-state index in [0.29, 0.717) is 6.42 Å². The van der Waals surface area contributed by atoms with Crippen LogP contribution in [0.5, 0.6) is 0 Å². The summed E-state index contributed by atoms with van der Waals surface area (Å²) in [6, 6.07) is 6.59. The molecule has 1 rings (SSSR count). The van der Waals surface area contributed by atoms with Crippen LogP contribution in [0.2, 0.25) is 0 Å². The van der Waals surface area contributed by atoms with Crippen molar-refractivity contribution in [3.8, 4) is 0 Å². The van der Waals surface area contributed by atoms with E-state index >= 15 is 0 Å². The van der Waals surface area contributed by atoms with Gasteiger partial charge in [-0.05, 0) is 31.0 Å². The van der Waals surface area contributed by atoms with Crippen molar-refractivity contribution in [1.29, 1.82) is 0 Å². The fourth-order valence-corrected chi connectivity index (χ4v) is 3.10. The average Bonchev–Trinajstić information content (AvgIpc) is 2.26. The molecule has 1 N–H and O–H groups in total. The quantitative estimate of drug-likeness (QED) is 0.827. The Morgan fingerprint density at radius 3 is 2.62 bits per heavy atom. The SMILES string of the molecule is CCC(CCl)NS(=O)(=O)c1cccc(C)c1. The molecule has 1 aromatic rings. The van der Waals surface area contributed by atoms with Gasteiger partial charge in [0.05, 0.1) is 4.90 Å². The first-order chi connectivity index (χ1) is 7.49. The molecule has 16 heavy (non-hydrogen) atoms. The number of benzene rings is 1. The number of aryl methyl sites for hydroxylation is 1. The van der Waals surface area contributed by atoms with Crippen molar-refractivity contribution >= 4 is 21.6 Å². The molecule has 0 aliphatic carbocycles. The van der Waals surface area contributed by atoms with Gasteiger partial charge in [0.2, 0.25) is 10.0 Å². The van der Waals surface area contributed by atoms with Gasteiger partial charge in [0.25, 0.3) is 0 Å². The molecule has 0 radical (unpaired) electrons. The fourth-order valence-electron chi connectivity index (χ4n) is 1.29. The average molecular weight is 262 g/mol. The number of nitrogens with one attached hydrogen (secondary N) is 1. The second-order valence-electron chi connectivity index (χ2n) is 3.70. The van der Waals surface area contributed by atoms with Gasteiger partial charge in [-0.15, -0.1) is 11.6 Å². The van der Waals surface area contributed by atoms with Crippen LogP contribution in [0.15, 0.2) is 29.2 Å². The molecule has 0 aliphatic rings. The molecular formula is C11H16ClNO2S. The van der Waals surface area contributed by atoms with Crippen molar-refractivity contribution in [1.82, 2.24) is 4.72 Å². The lowest BCUT2D eigenvalue weighted by Gasteiger charge is -2.14. The molecule has 1 unspecified atom stereocenters. The minimum Gasteiger partial charge on any atom is -0.207 e. The lowest BCUT2D eigenvalue weighted by molar-refractivity contribution is 0.557. The predicted molar refractivity (Wildman–Crippen MR) is 66.3 cm³/mol. The van der Waals surface area contributed by atoms with E-state index in [9.17, 15) is 8.42 Å². The fraction of sp³-hybridized carbons (Fsp3) is 0.455. The first-order valence-corrected chi connectivity index (χ1v) is 7.16. The molecule has 0 aromatic heterocycles. The summed E-state index contributed by atoms with van der Waals surface area (Å²) in [5.74, 6) is 0.279. The Morgan fingerprint density at radius 1 is 1.44 bits per heavy atom. The summed E-state index contributed by atoms with van der Waals surface area (Å²) in [6.45, 7) is 3.75. The van der Waals surface area contributed by atoms with Crippen LogP contribution >= 0.6 is 11.6 Å². The number of hydrogen-bond acceptors (Lipinski definition) is 2. The maximum atomic E-state index is 11.9. The number of alkyl halides is 1. The van der Waals surface area contributed by atoms with Gasteiger partial charge in [0, 0.05) is 11.9 Å². The first-order valence-electron chi connectivity index (χ1n) is 5.14. The van der Waals surface area contributed by atoms with Crippen LogP contribution in [0.4, 0.5) is 0 Å². The summed E-state index contributed by atoms with van der Waals surface area (Å²) >= 11 is 5.67. The Labute approximate surface area is 102 Å². The largest absolute Gasteiger partial charge is 0.240 e. The molecule has 0 bridgehead atoms. The topological polar surface area (TPSA) is 46.2 Å². The van der Waals surface area contributed by atoms with E-state index in [1.54, 1.807) is 18.2 Å². The third kappa shape index (κ3) is 3.47. The maximum absolute atomic E-state index is 11.9. The van der Waals surface area contributed by atoms with Crippen LogP contribution in [0, 0.1) is 6.92 Å². The van der Waals surface area contributed by atoms with Gasteiger partial charge >= 0.3 is 0 Å². The van der Waals surface area contributed by atoms with Crippen LogP contribution in [0.25, 0.3) is 0 Å². The van der Waals surface area contributed by atoms with E-state index in [1.807, 2.05) is 19.9 Å². The van der Waals surface area contributed by atoms with Crippen molar-refractivity contribution in [3.63, 3.8) is 0 Å². The number of halogens is 1. The Bertz CT molecular complexity index is 441. The summed E-state index contributed by atoms with van der Waals surface area (Å²) in [7, 11) is -3.44. The van der Waals surface area contributed by atoms with E-state index in [4.69, 9.17) is 11.6 Å². The Morgan fingerprint density at radius 2 is 2.12 bits per heavy atom. The Kier molecular flexibility index (Phi) is 4.77. The van der Waals surface area contributed by atoms with Crippen LogP contribution in [-0.4, -0.2) is 20.3 Å². The van der Waals surface area contributed by atoms with Crippen LogP contribution < -0.4 is 4.72 Å². The van der Waals surface area contributed by atoms with Crippen LogP contribution in [-0.2, 0) is 10.0 Å². The highest BCUT2D eigenvalue weighted by molar-refractivity contribution is 7.89. The molecular weight excluding hydrogens is 246 g/mol. The first kappa shape index (κ1) is 13.5. The smallest absolute Gasteiger partial charge is 0.207 e. The highest BCUT2D eigenvalue weighted by Gasteiger charge is 2.18. The lowest BCUT2D eigenvalue weighted by Crippen LogP contribution is -2.35. The van der Waals surface area contributed by atoms with Gasteiger partial charge in [-0.25, -0.2) is 13.1 Å². The van der Waals surface area contributed by atoms with Crippen molar-refractivity contribution in [2.45, 2.75) is 31.2 Å². The number of rotatable bonds is 5. The molecule has 0 heterocycles. The van der Waals surface area contributed by atoms with Crippen LogP contribution in [0.1, 0.15) is 18.9 Å². The predicted octanol–water partition coefficient (Wildman–Crippen LogP) is 2.29. The van der Waals surface area contributed by atoms with Gasteiger partial charge in [-0.3, -0.25) is 0 Å². The van der Waals surface area contributed by atoms with E-state index in [1.165, 1.54) is 0 Å². The van der Waals surface area contributed by atoms with Gasteiger partial charge in [-0.1, -0.05) is 19.1 Å². The maximum Gasteiger partial charge on any atom is 0.240 e. The highest BCUT2D eigenvalue weighted by Crippen LogP contribution is 2.12. The van der Waals surface area contributed by atoms with Gasteiger partial charge in [0.15, 0.2) is 0 Å². The zero-order valence-electron chi connectivity index (χ0n) is 9.40. The van der Waals surface area contributed by atoms with Crippen molar-refractivity contribution < 1.29 is 8.42 Å². The minimum absolute atomic E-state index is 0.216. The molecule has 5 heteroatoms. The summed E-state index contributed by atoms with van der Waals surface area (Å²) < 4.78 is 26.5. The molecule has 0 saturated carbocycles. The van der Waals surface area contributed by atoms with Crippen molar-refractivity contribution in [2.75, 3.05) is 5.88 Å². The standard InChI is InChI=1S/C11H16ClNO2S/c1-3-10(8-12)13-16(14,15)11-6-4-5-9(2)7-11/h4-7,10,13H,3,8H2,1-2H3. The van der Waals surface area contributed by atoms with E-state index in [0.717, 1.165) is 5.56 Å². The van der Waals surface area contributed by atoms with Gasteiger partial charge in [-0.2, -0.15) is 0 Å². The number of sulfonamides is 1. The summed E-state index contributed by atoms with van der Waals surface area (Å²) in [4.78, 5) is 0.288. The van der Waals surface area contributed by atoms with Gasteiger partial charge in [0.1, 0.15) is 0 Å². The molecule has 0 amide bonds.